The Labute approximate surface area is 100 Å². The molecule has 0 aliphatic carbocycles. The number of hydrogen-bond acceptors (Lipinski definition) is 2. The number of nitrogens with zero attached hydrogens (tertiary/aromatic N) is 2. The van der Waals surface area contributed by atoms with Crippen LogP contribution in [0.3, 0.4) is 0 Å². The van der Waals surface area contributed by atoms with E-state index in [0.29, 0.717) is 6.42 Å². The quantitative estimate of drug-likeness (QED) is 0.883. The number of halogens is 1. The average Bonchev–Trinajstić information content (AvgIpc) is 2.64. The van der Waals surface area contributed by atoms with Gasteiger partial charge in [0.2, 0.25) is 0 Å². The Morgan fingerprint density at radius 3 is 2.82 bits per heavy atom. The molecule has 0 spiro atoms. The molecule has 0 aliphatic rings. The summed E-state index contributed by atoms with van der Waals surface area (Å²) in [6.45, 7) is 3.88. The molecule has 1 aromatic carbocycles. The third kappa shape index (κ3) is 2.71. The van der Waals surface area contributed by atoms with E-state index >= 15 is 0 Å². The van der Waals surface area contributed by atoms with E-state index in [1.165, 1.54) is 12.1 Å². The van der Waals surface area contributed by atoms with E-state index in [4.69, 9.17) is 5.73 Å². The standard InChI is InChI=1S/C13H16FN3/c1-9-7-16-17(8-9)13-4-3-12(14)6-11(13)5-10(2)15/h3-4,6-8,10H,5,15H2,1-2H3. The van der Waals surface area contributed by atoms with Gasteiger partial charge in [0.1, 0.15) is 5.82 Å². The highest BCUT2D eigenvalue weighted by Crippen LogP contribution is 2.17. The Kier molecular flexibility index (Phi) is 3.24. The summed E-state index contributed by atoms with van der Waals surface area (Å²) in [6.07, 6.45) is 4.32. The molecular formula is C13H16FN3. The van der Waals surface area contributed by atoms with E-state index in [9.17, 15) is 4.39 Å². The van der Waals surface area contributed by atoms with Gasteiger partial charge in [0.05, 0.1) is 11.9 Å². The molecule has 17 heavy (non-hydrogen) atoms. The summed E-state index contributed by atoms with van der Waals surface area (Å²) in [6, 6.07) is 4.69. The maximum absolute atomic E-state index is 13.2. The van der Waals surface area contributed by atoms with Gasteiger partial charge in [-0.3, -0.25) is 0 Å². The van der Waals surface area contributed by atoms with Crippen molar-refractivity contribution >= 4 is 0 Å². The molecule has 3 nitrogen and oxygen atoms in total. The fourth-order valence-electron chi connectivity index (χ4n) is 1.83. The Morgan fingerprint density at radius 2 is 2.24 bits per heavy atom. The summed E-state index contributed by atoms with van der Waals surface area (Å²) >= 11 is 0. The van der Waals surface area contributed by atoms with Crippen LogP contribution in [-0.4, -0.2) is 15.8 Å². The molecule has 0 bridgehead atoms. The Balaban J connectivity index is 2.45. The molecule has 1 aromatic heterocycles. The third-order valence-corrected chi connectivity index (χ3v) is 2.54. The van der Waals surface area contributed by atoms with Gasteiger partial charge in [-0.2, -0.15) is 5.10 Å². The van der Waals surface area contributed by atoms with Crippen LogP contribution in [0.15, 0.2) is 30.6 Å². The number of hydrogen-bond donors (Lipinski definition) is 1. The van der Waals surface area contributed by atoms with Crippen molar-refractivity contribution in [2.24, 2.45) is 5.73 Å². The first-order chi connectivity index (χ1) is 8.06. The van der Waals surface area contributed by atoms with Crippen LogP contribution in [-0.2, 0) is 6.42 Å². The van der Waals surface area contributed by atoms with Gasteiger partial charge in [0, 0.05) is 12.2 Å². The molecule has 1 heterocycles. The Hall–Kier alpha value is -1.68. The summed E-state index contributed by atoms with van der Waals surface area (Å²) in [5.41, 5.74) is 8.61. The van der Waals surface area contributed by atoms with E-state index in [0.717, 1.165) is 16.8 Å². The lowest BCUT2D eigenvalue weighted by Gasteiger charge is -2.11. The maximum Gasteiger partial charge on any atom is 0.123 e. The van der Waals surface area contributed by atoms with Gasteiger partial charge >= 0.3 is 0 Å². The summed E-state index contributed by atoms with van der Waals surface area (Å²) in [4.78, 5) is 0. The molecule has 0 radical (unpaired) electrons. The molecule has 4 heteroatoms. The fourth-order valence-corrected chi connectivity index (χ4v) is 1.83. The first-order valence-electron chi connectivity index (χ1n) is 5.62. The van der Waals surface area contributed by atoms with Crippen molar-refractivity contribution in [3.8, 4) is 5.69 Å². The van der Waals surface area contributed by atoms with Crippen LogP contribution in [0.4, 0.5) is 4.39 Å². The van der Waals surface area contributed by atoms with E-state index in [-0.39, 0.29) is 11.9 Å². The number of aromatic nitrogens is 2. The lowest BCUT2D eigenvalue weighted by molar-refractivity contribution is 0.621. The van der Waals surface area contributed by atoms with Crippen molar-refractivity contribution < 1.29 is 4.39 Å². The first-order valence-corrected chi connectivity index (χ1v) is 5.62. The minimum atomic E-state index is -0.242. The zero-order valence-electron chi connectivity index (χ0n) is 10.0. The van der Waals surface area contributed by atoms with Crippen molar-refractivity contribution in [1.29, 1.82) is 0 Å². The van der Waals surface area contributed by atoms with Gasteiger partial charge in [0.25, 0.3) is 0 Å². The zero-order valence-corrected chi connectivity index (χ0v) is 10.0. The lowest BCUT2D eigenvalue weighted by atomic mass is 10.1. The van der Waals surface area contributed by atoms with Gasteiger partial charge in [-0.25, -0.2) is 9.07 Å². The van der Waals surface area contributed by atoms with Crippen LogP contribution in [0.2, 0.25) is 0 Å². The average molecular weight is 233 g/mol. The van der Waals surface area contributed by atoms with Gasteiger partial charge in [-0.1, -0.05) is 0 Å². The van der Waals surface area contributed by atoms with E-state index < -0.39 is 0 Å². The summed E-state index contributed by atoms with van der Waals surface area (Å²) < 4.78 is 15.0. The molecule has 0 aliphatic heterocycles. The minimum Gasteiger partial charge on any atom is -0.328 e. The van der Waals surface area contributed by atoms with Crippen molar-refractivity contribution in [2.45, 2.75) is 26.3 Å². The third-order valence-electron chi connectivity index (χ3n) is 2.54. The van der Waals surface area contributed by atoms with Crippen LogP contribution in [0.25, 0.3) is 5.69 Å². The SMILES string of the molecule is Cc1cnn(-c2ccc(F)cc2CC(C)N)c1. The van der Waals surface area contributed by atoms with Crippen LogP contribution < -0.4 is 5.73 Å². The van der Waals surface area contributed by atoms with Gasteiger partial charge < -0.3 is 5.73 Å². The summed E-state index contributed by atoms with van der Waals surface area (Å²) in [5.74, 6) is -0.242. The molecule has 0 saturated heterocycles. The van der Waals surface area contributed by atoms with Crippen molar-refractivity contribution in [1.82, 2.24) is 9.78 Å². The molecule has 2 rings (SSSR count). The predicted octanol–water partition coefficient (Wildman–Crippen LogP) is 2.21. The Morgan fingerprint density at radius 1 is 1.47 bits per heavy atom. The molecular weight excluding hydrogens is 217 g/mol. The fraction of sp³-hybridized carbons (Fsp3) is 0.308. The highest BCUT2D eigenvalue weighted by atomic mass is 19.1. The molecule has 0 saturated carbocycles. The monoisotopic (exact) mass is 233 g/mol. The summed E-state index contributed by atoms with van der Waals surface area (Å²) in [5, 5.41) is 4.24. The lowest BCUT2D eigenvalue weighted by Crippen LogP contribution is -2.19. The number of aryl methyl sites for hydroxylation is 1. The van der Waals surface area contributed by atoms with Gasteiger partial charge in [-0.15, -0.1) is 0 Å². The minimum absolute atomic E-state index is 0.00721. The van der Waals surface area contributed by atoms with Gasteiger partial charge in [0.15, 0.2) is 0 Å². The molecule has 90 valence electrons. The largest absolute Gasteiger partial charge is 0.328 e. The van der Waals surface area contributed by atoms with Crippen molar-refractivity contribution in [3.05, 3.63) is 47.5 Å². The molecule has 2 aromatic rings. The van der Waals surface area contributed by atoms with Crippen LogP contribution in [0.1, 0.15) is 18.1 Å². The van der Waals surface area contributed by atoms with Crippen molar-refractivity contribution in [3.63, 3.8) is 0 Å². The molecule has 0 amide bonds. The smallest absolute Gasteiger partial charge is 0.123 e. The topological polar surface area (TPSA) is 43.8 Å². The highest BCUT2D eigenvalue weighted by molar-refractivity contribution is 5.41. The second-order valence-corrected chi connectivity index (χ2v) is 4.42. The van der Waals surface area contributed by atoms with Crippen LogP contribution >= 0.6 is 0 Å². The van der Waals surface area contributed by atoms with E-state index in [1.54, 1.807) is 16.9 Å². The van der Waals surface area contributed by atoms with E-state index in [2.05, 4.69) is 5.10 Å². The van der Waals surface area contributed by atoms with Crippen LogP contribution in [0.5, 0.6) is 0 Å². The Bertz CT molecular complexity index is 517. The highest BCUT2D eigenvalue weighted by Gasteiger charge is 2.09. The van der Waals surface area contributed by atoms with Crippen LogP contribution in [0, 0.1) is 12.7 Å². The maximum atomic E-state index is 13.2. The molecule has 1 atom stereocenters. The predicted molar refractivity (Wildman–Crippen MR) is 65.6 cm³/mol. The zero-order chi connectivity index (χ0) is 12.4. The molecule has 0 fully saturated rings. The second-order valence-electron chi connectivity index (χ2n) is 4.42. The molecule has 2 N–H and O–H groups in total. The molecule has 1 unspecified atom stereocenters. The normalized spacial score (nSPS) is 12.7. The van der Waals surface area contributed by atoms with E-state index in [1.807, 2.05) is 20.0 Å². The number of nitrogens with two attached hydrogens (primary N) is 1. The first kappa shape index (κ1) is 11.8. The number of rotatable bonds is 3. The second kappa shape index (κ2) is 4.67. The summed E-state index contributed by atoms with van der Waals surface area (Å²) in [7, 11) is 0. The number of benzene rings is 1. The van der Waals surface area contributed by atoms with Gasteiger partial charge in [-0.05, 0) is 49.6 Å². The van der Waals surface area contributed by atoms with Crippen molar-refractivity contribution in [2.75, 3.05) is 0 Å².